The van der Waals surface area contributed by atoms with Crippen LogP contribution in [0.2, 0.25) is 0 Å². The summed E-state index contributed by atoms with van der Waals surface area (Å²) in [6.07, 6.45) is 1.78. The van der Waals surface area contributed by atoms with Crippen LogP contribution in [0.25, 0.3) is 0 Å². The molecule has 2 aliphatic heterocycles. The quantitative estimate of drug-likeness (QED) is 0.767. The summed E-state index contributed by atoms with van der Waals surface area (Å²) in [4.78, 5) is 27.0. The molecule has 0 aromatic heterocycles. The molecule has 2 fully saturated rings. The number of piperidine rings is 1. The van der Waals surface area contributed by atoms with Crippen LogP contribution in [-0.4, -0.2) is 58.8 Å². The third kappa shape index (κ3) is 2.73. The Morgan fingerprint density at radius 3 is 2.53 bits per heavy atom. The molecule has 0 bridgehead atoms. The number of alkyl halides is 1. The molecule has 0 aliphatic carbocycles. The van der Waals surface area contributed by atoms with Crippen molar-refractivity contribution in [2.24, 2.45) is 0 Å². The highest BCUT2D eigenvalue weighted by Gasteiger charge is 2.32. The number of hydrogen-bond donors (Lipinski definition) is 1. The number of amides is 3. The minimum absolute atomic E-state index is 0.0450. The van der Waals surface area contributed by atoms with Crippen molar-refractivity contribution >= 4 is 27.9 Å². The van der Waals surface area contributed by atoms with Gasteiger partial charge in [0.1, 0.15) is 0 Å². The van der Waals surface area contributed by atoms with Gasteiger partial charge in [0.2, 0.25) is 5.91 Å². The van der Waals surface area contributed by atoms with Gasteiger partial charge in [-0.15, -0.1) is 0 Å². The summed E-state index contributed by atoms with van der Waals surface area (Å²) in [5.74, 6) is 0.148. The largest absolute Gasteiger partial charge is 0.342 e. The molecule has 0 saturated carbocycles. The second kappa shape index (κ2) is 5.25. The summed E-state index contributed by atoms with van der Waals surface area (Å²) < 4.78 is 0. The minimum Gasteiger partial charge on any atom is -0.342 e. The number of urea groups is 1. The molecule has 3 amide bonds. The van der Waals surface area contributed by atoms with Gasteiger partial charge in [-0.1, -0.05) is 15.9 Å². The molecular formula is C11H18BrN3O2. The molecule has 0 spiro atoms. The fourth-order valence-corrected chi connectivity index (χ4v) is 2.77. The van der Waals surface area contributed by atoms with Gasteiger partial charge in [-0.3, -0.25) is 4.79 Å². The maximum absolute atomic E-state index is 11.8. The number of carbonyl (C=O) groups excluding carboxylic acids is 2. The molecular weight excluding hydrogens is 286 g/mol. The van der Waals surface area contributed by atoms with E-state index in [1.807, 2.05) is 16.7 Å². The van der Waals surface area contributed by atoms with Crippen molar-refractivity contribution in [1.82, 2.24) is 15.1 Å². The first-order valence-corrected chi connectivity index (χ1v) is 6.98. The molecule has 1 unspecified atom stereocenters. The number of carbonyl (C=O) groups is 2. The summed E-state index contributed by atoms with van der Waals surface area (Å²) in [7, 11) is 0. The van der Waals surface area contributed by atoms with Gasteiger partial charge in [0.25, 0.3) is 0 Å². The van der Waals surface area contributed by atoms with Gasteiger partial charge >= 0.3 is 6.03 Å². The zero-order valence-electron chi connectivity index (χ0n) is 9.99. The Bertz CT molecular complexity index is 314. The molecule has 1 atom stereocenters. The third-order valence-corrected chi connectivity index (χ3v) is 3.84. The highest BCUT2D eigenvalue weighted by molar-refractivity contribution is 9.10. The fourth-order valence-electron chi connectivity index (χ4n) is 2.48. The molecule has 2 saturated heterocycles. The Morgan fingerprint density at radius 2 is 2.06 bits per heavy atom. The number of halogens is 1. The van der Waals surface area contributed by atoms with Crippen molar-refractivity contribution in [3.8, 4) is 0 Å². The van der Waals surface area contributed by atoms with E-state index in [0.717, 1.165) is 39.0 Å². The molecule has 0 aromatic carbocycles. The molecule has 17 heavy (non-hydrogen) atoms. The molecule has 2 aliphatic rings. The van der Waals surface area contributed by atoms with Crippen LogP contribution in [-0.2, 0) is 4.79 Å². The lowest BCUT2D eigenvalue weighted by Gasteiger charge is -2.36. The highest BCUT2D eigenvalue weighted by Crippen LogP contribution is 2.19. The van der Waals surface area contributed by atoms with E-state index >= 15 is 0 Å². The molecule has 2 heterocycles. The first kappa shape index (κ1) is 12.7. The lowest BCUT2D eigenvalue weighted by molar-refractivity contribution is -0.131. The number of hydrogen-bond acceptors (Lipinski definition) is 2. The van der Waals surface area contributed by atoms with E-state index in [1.54, 1.807) is 0 Å². The summed E-state index contributed by atoms with van der Waals surface area (Å²) in [6.45, 7) is 4.90. The van der Waals surface area contributed by atoms with Gasteiger partial charge in [-0.05, 0) is 19.8 Å². The van der Waals surface area contributed by atoms with Crippen LogP contribution in [0.15, 0.2) is 0 Å². The van der Waals surface area contributed by atoms with Crippen molar-refractivity contribution in [3.05, 3.63) is 0 Å². The monoisotopic (exact) mass is 303 g/mol. The molecule has 6 heteroatoms. The van der Waals surface area contributed by atoms with Crippen LogP contribution >= 0.6 is 15.9 Å². The van der Waals surface area contributed by atoms with E-state index in [4.69, 9.17) is 0 Å². The van der Waals surface area contributed by atoms with Crippen LogP contribution in [0.1, 0.15) is 19.8 Å². The van der Waals surface area contributed by atoms with Crippen LogP contribution < -0.4 is 5.32 Å². The Balaban J connectivity index is 1.85. The summed E-state index contributed by atoms with van der Waals surface area (Å²) in [6, 6.07) is 0.343. The Hall–Kier alpha value is -0.780. The number of rotatable bonds is 2. The highest BCUT2D eigenvalue weighted by atomic mass is 79.9. The molecule has 1 N–H and O–H groups in total. The van der Waals surface area contributed by atoms with E-state index in [2.05, 4.69) is 21.2 Å². The lowest BCUT2D eigenvalue weighted by atomic mass is 10.0. The maximum Gasteiger partial charge on any atom is 0.317 e. The van der Waals surface area contributed by atoms with Gasteiger partial charge in [0.05, 0.1) is 4.83 Å². The molecule has 5 nitrogen and oxygen atoms in total. The second-order valence-corrected chi connectivity index (χ2v) is 5.97. The van der Waals surface area contributed by atoms with Crippen molar-refractivity contribution in [2.75, 3.05) is 26.2 Å². The molecule has 2 rings (SSSR count). The third-order valence-electron chi connectivity index (χ3n) is 3.45. The van der Waals surface area contributed by atoms with Gasteiger partial charge in [0, 0.05) is 32.2 Å². The fraction of sp³-hybridized carbons (Fsp3) is 0.818. The predicted octanol–water partition coefficient (Wildman–Crippen LogP) is 0.786. The minimum atomic E-state index is -0.117. The standard InChI is InChI=1S/C11H18BrN3O2/c1-8(12)10(16)14-5-2-9(3-6-14)15-7-4-13-11(15)17/h8-9H,2-7H2,1H3,(H,13,17). The van der Waals surface area contributed by atoms with E-state index in [-0.39, 0.29) is 16.8 Å². The number of likely N-dealkylation sites (tertiary alicyclic amines) is 1. The van der Waals surface area contributed by atoms with Gasteiger partial charge in [-0.2, -0.15) is 0 Å². The van der Waals surface area contributed by atoms with Crippen molar-refractivity contribution in [2.45, 2.75) is 30.6 Å². The van der Waals surface area contributed by atoms with Crippen molar-refractivity contribution < 1.29 is 9.59 Å². The van der Waals surface area contributed by atoms with Crippen LogP contribution in [0.5, 0.6) is 0 Å². The van der Waals surface area contributed by atoms with Crippen molar-refractivity contribution in [1.29, 1.82) is 0 Å². The van der Waals surface area contributed by atoms with E-state index in [0.29, 0.717) is 6.04 Å². The van der Waals surface area contributed by atoms with E-state index in [1.165, 1.54) is 0 Å². The summed E-state index contributed by atoms with van der Waals surface area (Å²) in [5.41, 5.74) is 0. The second-order valence-electron chi connectivity index (χ2n) is 4.60. The topological polar surface area (TPSA) is 52.7 Å². The number of nitrogens with zero attached hydrogens (tertiary/aromatic N) is 2. The molecule has 0 aromatic rings. The zero-order valence-corrected chi connectivity index (χ0v) is 11.6. The van der Waals surface area contributed by atoms with E-state index in [9.17, 15) is 9.59 Å². The molecule has 0 radical (unpaired) electrons. The van der Waals surface area contributed by atoms with Gasteiger partial charge < -0.3 is 15.1 Å². The van der Waals surface area contributed by atoms with Gasteiger partial charge in [-0.25, -0.2) is 4.79 Å². The predicted molar refractivity (Wildman–Crippen MR) is 68.1 cm³/mol. The summed E-state index contributed by atoms with van der Waals surface area (Å²) in [5, 5.41) is 2.82. The maximum atomic E-state index is 11.8. The van der Waals surface area contributed by atoms with E-state index < -0.39 is 0 Å². The number of nitrogens with one attached hydrogen (secondary N) is 1. The van der Waals surface area contributed by atoms with Crippen LogP contribution in [0.4, 0.5) is 4.79 Å². The average Bonchev–Trinajstić information content (AvgIpc) is 2.74. The Kier molecular flexibility index (Phi) is 3.91. The SMILES string of the molecule is CC(Br)C(=O)N1CCC(N2CCNC2=O)CC1. The summed E-state index contributed by atoms with van der Waals surface area (Å²) >= 11 is 3.30. The average molecular weight is 304 g/mol. The first-order chi connectivity index (χ1) is 8.09. The smallest absolute Gasteiger partial charge is 0.317 e. The van der Waals surface area contributed by atoms with Crippen molar-refractivity contribution in [3.63, 3.8) is 0 Å². The zero-order chi connectivity index (χ0) is 12.4. The normalized spacial score (nSPS) is 23.8. The lowest BCUT2D eigenvalue weighted by Crippen LogP contribution is -2.48. The first-order valence-electron chi connectivity index (χ1n) is 6.07. The van der Waals surface area contributed by atoms with Gasteiger partial charge in [0.15, 0.2) is 0 Å². The van der Waals surface area contributed by atoms with Crippen LogP contribution in [0, 0.1) is 0 Å². The van der Waals surface area contributed by atoms with Crippen LogP contribution in [0.3, 0.4) is 0 Å². The Morgan fingerprint density at radius 1 is 1.41 bits per heavy atom. The molecule has 96 valence electrons. The Labute approximate surface area is 110 Å².